The molecular formula is C17H17NO3. The third-order valence-electron chi connectivity index (χ3n) is 3.24. The molecule has 0 aliphatic rings. The van der Waals surface area contributed by atoms with Crippen molar-refractivity contribution in [2.45, 2.75) is 13.5 Å². The van der Waals surface area contributed by atoms with E-state index in [0.717, 1.165) is 5.56 Å². The number of amides is 1. The fourth-order valence-corrected chi connectivity index (χ4v) is 2.04. The summed E-state index contributed by atoms with van der Waals surface area (Å²) in [7, 11) is 1.70. The number of carboxylic acid groups (broad SMARTS) is 1. The van der Waals surface area contributed by atoms with E-state index in [-0.39, 0.29) is 11.5 Å². The van der Waals surface area contributed by atoms with Crippen LogP contribution in [0.4, 0.5) is 0 Å². The van der Waals surface area contributed by atoms with Crippen LogP contribution >= 0.6 is 0 Å². The number of aryl methyl sites for hydroxylation is 1. The van der Waals surface area contributed by atoms with Crippen LogP contribution < -0.4 is 0 Å². The van der Waals surface area contributed by atoms with Crippen LogP contribution in [0.1, 0.15) is 31.8 Å². The molecule has 4 heteroatoms. The van der Waals surface area contributed by atoms with Gasteiger partial charge < -0.3 is 10.0 Å². The van der Waals surface area contributed by atoms with Crippen LogP contribution in [0.2, 0.25) is 0 Å². The first kappa shape index (κ1) is 14.8. The van der Waals surface area contributed by atoms with E-state index in [0.29, 0.717) is 12.1 Å². The van der Waals surface area contributed by atoms with E-state index in [4.69, 9.17) is 5.11 Å². The zero-order valence-electron chi connectivity index (χ0n) is 12.0. The van der Waals surface area contributed by atoms with Gasteiger partial charge in [0, 0.05) is 19.2 Å². The van der Waals surface area contributed by atoms with Crippen molar-refractivity contribution in [3.05, 3.63) is 70.8 Å². The molecule has 0 unspecified atom stereocenters. The molecule has 2 aromatic rings. The van der Waals surface area contributed by atoms with Gasteiger partial charge >= 0.3 is 5.97 Å². The second kappa shape index (κ2) is 6.22. The number of carboxylic acids is 1. The molecule has 2 rings (SSSR count). The van der Waals surface area contributed by atoms with Crippen molar-refractivity contribution in [3.63, 3.8) is 0 Å². The number of nitrogens with zero attached hydrogens (tertiary/aromatic N) is 1. The molecule has 0 aliphatic heterocycles. The Balaban J connectivity index is 2.13. The number of carbonyl (C=O) groups is 2. The molecule has 108 valence electrons. The van der Waals surface area contributed by atoms with Crippen molar-refractivity contribution in [2.24, 2.45) is 0 Å². The molecule has 0 saturated heterocycles. The van der Waals surface area contributed by atoms with Crippen LogP contribution in [0, 0.1) is 6.92 Å². The zero-order chi connectivity index (χ0) is 15.4. The maximum absolute atomic E-state index is 12.3. The first-order valence-corrected chi connectivity index (χ1v) is 6.62. The highest BCUT2D eigenvalue weighted by atomic mass is 16.4. The average Bonchev–Trinajstić information content (AvgIpc) is 2.49. The molecule has 0 radical (unpaired) electrons. The van der Waals surface area contributed by atoms with E-state index < -0.39 is 5.97 Å². The molecule has 1 amide bonds. The number of carbonyl (C=O) groups excluding carboxylic acids is 1. The quantitative estimate of drug-likeness (QED) is 0.938. The van der Waals surface area contributed by atoms with Gasteiger partial charge in [-0.05, 0) is 30.7 Å². The average molecular weight is 283 g/mol. The number of benzene rings is 2. The van der Waals surface area contributed by atoms with Gasteiger partial charge in [0.2, 0.25) is 0 Å². The van der Waals surface area contributed by atoms with E-state index in [9.17, 15) is 9.59 Å². The van der Waals surface area contributed by atoms with E-state index in [1.807, 2.05) is 31.2 Å². The second-order valence-corrected chi connectivity index (χ2v) is 5.03. The Labute approximate surface area is 123 Å². The van der Waals surface area contributed by atoms with E-state index in [1.165, 1.54) is 17.7 Å². The van der Waals surface area contributed by atoms with Gasteiger partial charge in [-0.1, -0.05) is 35.9 Å². The van der Waals surface area contributed by atoms with Crippen LogP contribution in [0.15, 0.2) is 48.5 Å². The van der Waals surface area contributed by atoms with Gasteiger partial charge in [-0.25, -0.2) is 4.79 Å². The molecule has 4 nitrogen and oxygen atoms in total. The maximum atomic E-state index is 12.3. The van der Waals surface area contributed by atoms with Gasteiger partial charge in [0.15, 0.2) is 0 Å². The molecule has 0 spiro atoms. The summed E-state index contributed by atoms with van der Waals surface area (Å²) in [6.45, 7) is 2.49. The molecule has 0 heterocycles. The van der Waals surface area contributed by atoms with Crippen molar-refractivity contribution in [1.82, 2.24) is 4.90 Å². The van der Waals surface area contributed by atoms with Gasteiger partial charge in [-0.15, -0.1) is 0 Å². The van der Waals surface area contributed by atoms with Gasteiger partial charge in [0.1, 0.15) is 0 Å². The minimum Gasteiger partial charge on any atom is -0.478 e. The van der Waals surface area contributed by atoms with Crippen LogP contribution in [-0.2, 0) is 6.54 Å². The molecule has 0 bridgehead atoms. The second-order valence-electron chi connectivity index (χ2n) is 5.03. The SMILES string of the molecule is Cc1ccc(CN(C)C(=O)c2cccc(C(=O)O)c2)cc1. The zero-order valence-corrected chi connectivity index (χ0v) is 12.0. The molecule has 0 saturated carbocycles. The number of aromatic carboxylic acids is 1. The van der Waals surface area contributed by atoms with Gasteiger partial charge in [0.25, 0.3) is 5.91 Å². The fourth-order valence-electron chi connectivity index (χ4n) is 2.04. The molecule has 0 aromatic heterocycles. The van der Waals surface area contributed by atoms with Crippen molar-refractivity contribution in [1.29, 1.82) is 0 Å². The normalized spacial score (nSPS) is 10.2. The van der Waals surface area contributed by atoms with Crippen molar-refractivity contribution < 1.29 is 14.7 Å². The monoisotopic (exact) mass is 283 g/mol. The van der Waals surface area contributed by atoms with Gasteiger partial charge in [-0.2, -0.15) is 0 Å². The first-order valence-electron chi connectivity index (χ1n) is 6.62. The Morgan fingerprint density at radius 3 is 2.29 bits per heavy atom. The number of hydrogen-bond acceptors (Lipinski definition) is 2. The Kier molecular flexibility index (Phi) is 4.38. The maximum Gasteiger partial charge on any atom is 0.335 e. The highest BCUT2D eigenvalue weighted by Gasteiger charge is 2.14. The summed E-state index contributed by atoms with van der Waals surface area (Å²) in [4.78, 5) is 24.8. The summed E-state index contributed by atoms with van der Waals surface area (Å²) < 4.78 is 0. The number of rotatable bonds is 4. The lowest BCUT2D eigenvalue weighted by Gasteiger charge is -2.17. The molecular weight excluding hydrogens is 266 g/mol. The lowest BCUT2D eigenvalue weighted by molar-refractivity contribution is 0.0697. The van der Waals surface area contributed by atoms with Crippen LogP contribution in [0.3, 0.4) is 0 Å². The van der Waals surface area contributed by atoms with Crippen molar-refractivity contribution in [3.8, 4) is 0 Å². The van der Waals surface area contributed by atoms with Crippen LogP contribution in [-0.4, -0.2) is 28.9 Å². The van der Waals surface area contributed by atoms with E-state index >= 15 is 0 Å². The highest BCUT2D eigenvalue weighted by molar-refractivity contribution is 5.97. The van der Waals surface area contributed by atoms with Crippen LogP contribution in [0.25, 0.3) is 0 Å². The lowest BCUT2D eigenvalue weighted by atomic mass is 10.1. The van der Waals surface area contributed by atoms with Gasteiger partial charge in [-0.3, -0.25) is 4.79 Å². The Morgan fingerprint density at radius 2 is 1.67 bits per heavy atom. The van der Waals surface area contributed by atoms with Crippen molar-refractivity contribution >= 4 is 11.9 Å². The minimum atomic E-state index is -1.04. The summed E-state index contributed by atoms with van der Waals surface area (Å²) in [5.74, 6) is -1.23. The summed E-state index contributed by atoms with van der Waals surface area (Å²) in [5, 5.41) is 8.97. The summed E-state index contributed by atoms with van der Waals surface area (Å²) in [6, 6.07) is 14.0. The fraction of sp³-hybridized carbons (Fsp3) is 0.176. The topological polar surface area (TPSA) is 57.6 Å². The standard InChI is InChI=1S/C17H17NO3/c1-12-6-8-13(9-7-12)11-18(2)16(19)14-4-3-5-15(10-14)17(20)21/h3-10H,11H2,1-2H3,(H,20,21). The summed E-state index contributed by atoms with van der Waals surface area (Å²) in [5.41, 5.74) is 2.70. The third-order valence-corrected chi connectivity index (χ3v) is 3.24. The molecule has 0 aliphatic carbocycles. The third kappa shape index (κ3) is 3.69. The number of hydrogen-bond donors (Lipinski definition) is 1. The Bertz CT molecular complexity index is 662. The molecule has 1 N–H and O–H groups in total. The lowest BCUT2D eigenvalue weighted by Crippen LogP contribution is -2.26. The molecule has 0 fully saturated rings. The first-order chi connectivity index (χ1) is 9.97. The molecule has 21 heavy (non-hydrogen) atoms. The predicted octanol–water partition coefficient (Wildman–Crippen LogP) is 2.97. The minimum absolute atomic E-state index is 0.115. The van der Waals surface area contributed by atoms with Crippen molar-refractivity contribution in [2.75, 3.05) is 7.05 Å². The molecule has 2 aromatic carbocycles. The Morgan fingerprint density at radius 1 is 1.05 bits per heavy atom. The van der Waals surface area contributed by atoms with E-state index in [2.05, 4.69) is 0 Å². The Hall–Kier alpha value is -2.62. The largest absolute Gasteiger partial charge is 0.478 e. The summed E-state index contributed by atoms with van der Waals surface area (Å²) >= 11 is 0. The smallest absolute Gasteiger partial charge is 0.335 e. The van der Waals surface area contributed by atoms with Gasteiger partial charge in [0.05, 0.1) is 5.56 Å². The summed E-state index contributed by atoms with van der Waals surface area (Å²) in [6.07, 6.45) is 0. The molecule has 0 atom stereocenters. The predicted molar refractivity (Wildman–Crippen MR) is 80.4 cm³/mol. The highest BCUT2D eigenvalue weighted by Crippen LogP contribution is 2.11. The van der Waals surface area contributed by atoms with E-state index in [1.54, 1.807) is 24.1 Å². The van der Waals surface area contributed by atoms with Crippen LogP contribution in [0.5, 0.6) is 0 Å².